The lowest BCUT2D eigenvalue weighted by Gasteiger charge is -2.06. The van der Waals surface area contributed by atoms with Gasteiger partial charge in [0.1, 0.15) is 0 Å². The van der Waals surface area contributed by atoms with E-state index >= 15 is 0 Å². The molecule has 1 aromatic carbocycles. The molecule has 1 rings (SSSR count). The van der Waals surface area contributed by atoms with Crippen LogP contribution in [0.25, 0.3) is 0 Å². The van der Waals surface area contributed by atoms with E-state index in [2.05, 4.69) is 5.32 Å². The van der Waals surface area contributed by atoms with Gasteiger partial charge in [-0.1, -0.05) is 11.6 Å². The average Bonchev–Trinajstić information content (AvgIpc) is 2.34. The Morgan fingerprint density at radius 1 is 1.56 bits per heavy atom. The predicted molar refractivity (Wildman–Crippen MR) is 78.3 cm³/mol. The Morgan fingerprint density at radius 3 is 3.00 bits per heavy atom. The van der Waals surface area contributed by atoms with Crippen molar-refractivity contribution < 1.29 is 9.53 Å². The molecule has 0 unspecified atom stereocenters. The van der Waals surface area contributed by atoms with Crippen LogP contribution >= 0.6 is 23.4 Å². The minimum atomic E-state index is -0.0425. The summed E-state index contributed by atoms with van der Waals surface area (Å²) >= 11 is 7.37. The highest BCUT2D eigenvalue weighted by atomic mass is 35.5. The van der Waals surface area contributed by atoms with Crippen LogP contribution in [0.4, 0.5) is 11.4 Å². The lowest BCUT2D eigenvalue weighted by Crippen LogP contribution is -2.14. The highest BCUT2D eigenvalue weighted by Gasteiger charge is 2.04. The molecule has 1 aromatic rings. The molecule has 0 aliphatic rings. The molecule has 0 atom stereocenters. The van der Waals surface area contributed by atoms with Crippen molar-refractivity contribution in [1.29, 1.82) is 0 Å². The van der Waals surface area contributed by atoms with E-state index in [1.54, 1.807) is 37.1 Å². The first-order valence-corrected chi connectivity index (χ1v) is 7.08. The first-order valence-electron chi connectivity index (χ1n) is 5.55. The summed E-state index contributed by atoms with van der Waals surface area (Å²) in [6.07, 6.45) is 0.947. The summed E-state index contributed by atoms with van der Waals surface area (Å²) in [6, 6.07) is 5.04. The van der Waals surface area contributed by atoms with Crippen LogP contribution in [-0.2, 0) is 9.53 Å². The summed E-state index contributed by atoms with van der Waals surface area (Å²) in [5, 5.41) is 3.26. The summed E-state index contributed by atoms with van der Waals surface area (Å²) < 4.78 is 4.93. The number of carbonyl (C=O) groups excluding carboxylic acids is 1. The quantitative estimate of drug-likeness (QED) is 0.598. The van der Waals surface area contributed by atoms with Crippen molar-refractivity contribution in [2.45, 2.75) is 6.42 Å². The van der Waals surface area contributed by atoms with Gasteiger partial charge in [0.2, 0.25) is 5.91 Å². The van der Waals surface area contributed by atoms with Gasteiger partial charge in [-0.15, -0.1) is 0 Å². The molecule has 0 aromatic heterocycles. The number of benzene rings is 1. The van der Waals surface area contributed by atoms with Gasteiger partial charge in [-0.05, 0) is 30.4 Å². The molecular formula is C12H17ClN2O2S. The minimum Gasteiger partial charge on any atom is -0.397 e. The maximum absolute atomic E-state index is 11.6. The van der Waals surface area contributed by atoms with Gasteiger partial charge in [-0.3, -0.25) is 4.79 Å². The number of nitrogens with one attached hydrogen (secondary N) is 1. The molecule has 0 fully saturated rings. The third-order valence-electron chi connectivity index (χ3n) is 2.15. The molecule has 3 N–H and O–H groups in total. The number of methoxy groups -OCH3 is 1. The maximum Gasteiger partial charge on any atom is 0.234 e. The van der Waals surface area contributed by atoms with E-state index in [0.29, 0.717) is 22.2 Å². The molecule has 0 spiro atoms. The summed E-state index contributed by atoms with van der Waals surface area (Å²) in [4.78, 5) is 11.6. The van der Waals surface area contributed by atoms with Crippen LogP contribution in [0.1, 0.15) is 6.42 Å². The number of hydrogen-bond donors (Lipinski definition) is 2. The molecule has 1 amide bonds. The first-order chi connectivity index (χ1) is 8.63. The molecular weight excluding hydrogens is 272 g/mol. The zero-order chi connectivity index (χ0) is 13.4. The molecule has 100 valence electrons. The van der Waals surface area contributed by atoms with Crippen molar-refractivity contribution in [3.63, 3.8) is 0 Å². The van der Waals surface area contributed by atoms with Gasteiger partial charge in [-0.25, -0.2) is 0 Å². The van der Waals surface area contributed by atoms with Gasteiger partial charge in [0, 0.05) is 19.4 Å². The van der Waals surface area contributed by atoms with Crippen molar-refractivity contribution in [1.82, 2.24) is 0 Å². The zero-order valence-electron chi connectivity index (χ0n) is 10.2. The molecule has 0 saturated carbocycles. The van der Waals surface area contributed by atoms with Crippen LogP contribution in [0.2, 0.25) is 5.02 Å². The summed E-state index contributed by atoms with van der Waals surface area (Å²) in [6.45, 7) is 0.725. The van der Waals surface area contributed by atoms with Gasteiger partial charge < -0.3 is 15.8 Å². The number of amides is 1. The van der Waals surface area contributed by atoms with E-state index in [1.165, 1.54) is 0 Å². The molecule has 18 heavy (non-hydrogen) atoms. The number of rotatable bonds is 7. The molecule has 0 radical (unpaired) electrons. The second kappa shape index (κ2) is 8.24. The van der Waals surface area contributed by atoms with Gasteiger partial charge in [0.05, 0.1) is 16.5 Å². The van der Waals surface area contributed by atoms with E-state index < -0.39 is 0 Å². The number of ether oxygens (including phenoxy) is 1. The average molecular weight is 289 g/mol. The van der Waals surface area contributed by atoms with Gasteiger partial charge in [0.25, 0.3) is 0 Å². The SMILES string of the molecule is COCCCSCC(=O)Nc1ccc(Cl)c(N)c1. The highest BCUT2D eigenvalue weighted by molar-refractivity contribution is 7.99. The van der Waals surface area contributed by atoms with E-state index in [9.17, 15) is 4.79 Å². The van der Waals surface area contributed by atoms with E-state index in [0.717, 1.165) is 18.8 Å². The second-order valence-corrected chi connectivity index (χ2v) is 5.20. The zero-order valence-corrected chi connectivity index (χ0v) is 11.8. The monoisotopic (exact) mass is 288 g/mol. The van der Waals surface area contributed by atoms with Crippen LogP contribution in [0.3, 0.4) is 0 Å². The molecule has 4 nitrogen and oxygen atoms in total. The van der Waals surface area contributed by atoms with Crippen molar-refractivity contribution >= 4 is 40.6 Å². The number of carbonyl (C=O) groups is 1. The number of nitrogen functional groups attached to an aromatic ring is 1. The van der Waals surface area contributed by atoms with Crippen molar-refractivity contribution in [3.05, 3.63) is 23.2 Å². The number of thioether (sulfide) groups is 1. The Labute approximate surface area is 116 Å². The smallest absolute Gasteiger partial charge is 0.234 e. The van der Waals surface area contributed by atoms with Crippen LogP contribution in [0.5, 0.6) is 0 Å². The number of nitrogens with two attached hydrogens (primary N) is 1. The van der Waals surface area contributed by atoms with E-state index in [4.69, 9.17) is 22.1 Å². The molecule has 0 bridgehead atoms. The maximum atomic E-state index is 11.6. The Balaban J connectivity index is 2.29. The normalized spacial score (nSPS) is 10.3. The van der Waals surface area contributed by atoms with Gasteiger partial charge in [0.15, 0.2) is 0 Å². The fourth-order valence-corrected chi connectivity index (χ4v) is 2.13. The molecule has 0 aliphatic heterocycles. The molecule has 0 heterocycles. The Morgan fingerprint density at radius 2 is 2.33 bits per heavy atom. The largest absolute Gasteiger partial charge is 0.397 e. The topological polar surface area (TPSA) is 64.3 Å². The third kappa shape index (κ3) is 5.62. The fourth-order valence-electron chi connectivity index (χ4n) is 1.29. The lowest BCUT2D eigenvalue weighted by atomic mass is 10.3. The molecule has 6 heteroatoms. The summed E-state index contributed by atoms with van der Waals surface area (Å²) in [7, 11) is 1.67. The second-order valence-electron chi connectivity index (χ2n) is 3.68. The first kappa shape index (κ1) is 15.1. The summed E-state index contributed by atoms with van der Waals surface area (Å²) in [5.74, 6) is 1.29. The van der Waals surface area contributed by atoms with Gasteiger partial charge >= 0.3 is 0 Å². The number of hydrogen-bond acceptors (Lipinski definition) is 4. The Kier molecular flexibility index (Phi) is 6.93. The lowest BCUT2D eigenvalue weighted by molar-refractivity contribution is -0.113. The van der Waals surface area contributed by atoms with E-state index in [1.807, 2.05) is 0 Å². The van der Waals surface area contributed by atoms with E-state index in [-0.39, 0.29) is 5.91 Å². The minimum absolute atomic E-state index is 0.0425. The molecule has 0 saturated heterocycles. The number of anilines is 2. The molecule has 0 aliphatic carbocycles. The summed E-state index contributed by atoms with van der Waals surface area (Å²) in [5.41, 5.74) is 6.78. The van der Waals surface area contributed by atoms with Gasteiger partial charge in [-0.2, -0.15) is 11.8 Å². The standard InChI is InChI=1S/C12H17ClN2O2S/c1-17-5-2-6-18-8-12(16)15-9-3-4-10(13)11(14)7-9/h3-4,7H,2,5-6,8,14H2,1H3,(H,15,16). The third-order valence-corrected chi connectivity index (χ3v) is 3.54. The van der Waals surface area contributed by atoms with Crippen LogP contribution < -0.4 is 11.1 Å². The fraction of sp³-hybridized carbons (Fsp3) is 0.417. The highest BCUT2D eigenvalue weighted by Crippen LogP contribution is 2.22. The van der Waals surface area contributed by atoms with Crippen molar-refractivity contribution in [2.75, 3.05) is 36.3 Å². The van der Waals surface area contributed by atoms with Crippen LogP contribution in [0.15, 0.2) is 18.2 Å². The van der Waals surface area contributed by atoms with Crippen molar-refractivity contribution in [2.24, 2.45) is 0 Å². The Bertz CT molecular complexity index is 402. The number of halogens is 1. The Hall–Kier alpha value is -0.910. The van der Waals surface area contributed by atoms with Crippen LogP contribution in [0, 0.1) is 0 Å². The van der Waals surface area contributed by atoms with Crippen molar-refractivity contribution in [3.8, 4) is 0 Å². The predicted octanol–water partition coefficient (Wildman–Crippen LogP) is 2.63. The van der Waals surface area contributed by atoms with Crippen LogP contribution in [-0.4, -0.2) is 31.1 Å².